The highest BCUT2D eigenvalue weighted by atomic mass is 32.1. The summed E-state index contributed by atoms with van der Waals surface area (Å²) in [5, 5.41) is 0.311. The molecule has 0 saturated heterocycles. The van der Waals surface area contributed by atoms with E-state index in [1.165, 1.54) is 0 Å². The van der Waals surface area contributed by atoms with Crippen LogP contribution in [0.3, 0.4) is 0 Å². The summed E-state index contributed by atoms with van der Waals surface area (Å²) in [5.74, 6) is 0.907. The van der Waals surface area contributed by atoms with Crippen LogP contribution in [0.2, 0.25) is 0 Å². The molecule has 0 aliphatic heterocycles. The monoisotopic (exact) mass is 328 g/mol. The van der Waals surface area contributed by atoms with E-state index >= 15 is 0 Å². The summed E-state index contributed by atoms with van der Waals surface area (Å²) in [5.41, 5.74) is 12.0. The number of hydrogen-bond donors (Lipinski definition) is 4. The second-order valence-corrected chi connectivity index (χ2v) is 7.65. The molecule has 18 heavy (non-hydrogen) atoms. The summed E-state index contributed by atoms with van der Waals surface area (Å²) in [6, 6.07) is 0.184. The van der Waals surface area contributed by atoms with Crippen molar-refractivity contribution in [2.75, 3.05) is 18.5 Å². The topological polar surface area (TPSA) is 52.0 Å². The Bertz CT molecular complexity index is 195. The van der Waals surface area contributed by atoms with Crippen LogP contribution in [0.4, 0.5) is 0 Å². The van der Waals surface area contributed by atoms with Crippen LogP contribution >= 0.6 is 43.7 Å². The summed E-state index contributed by atoms with van der Waals surface area (Å²) in [6.07, 6.45) is 7.52. The van der Waals surface area contributed by atoms with Gasteiger partial charge in [0.1, 0.15) is 0 Å². The summed E-state index contributed by atoms with van der Waals surface area (Å²) >= 11 is 9.10. The number of hydrogen-bond acceptors (Lipinski definition) is 4. The maximum Gasteiger partial charge on any atom is 0.0141 e. The molecule has 0 amide bonds. The maximum atomic E-state index is 6.42. The highest BCUT2D eigenvalue weighted by Crippen LogP contribution is 2.38. The van der Waals surface area contributed by atoms with E-state index < -0.39 is 0 Å². The van der Waals surface area contributed by atoms with Crippen LogP contribution in [0.1, 0.15) is 38.5 Å². The van der Waals surface area contributed by atoms with Crippen LogP contribution in [0.25, 0.3) is 0 Å². The molecule has 6 heteroatoms. The predicted octanol–water partition coefficient (Wildman–Crippen LogP) is 2.33. The molecule has 0 aliphatic carbocycles. The van der Waals surface area contributed by atoms with Crippen molar-refractivity contribution in [3.8, 4) is 0 Å². The Hall–Kier alpha value is 1.48. The minimum Gasteiger partial charge on any atom is -0.330 e. The van der Waals surface area contributed by atoms with Crippen molar-refractivity contribution in [2.24, 2.45) is 11.5 Å². The van der Waals surface area contributed by atoms with Gasteiger partial charge >= 0.3 is 0 Å². The van der Waals surface area contributed by atoms with Gasteiger partial charge in [0.15, 0.2) is 0 Å². The van der Waals surface area contributed by atoms with Crippen LogP contribution in [0.15, 0.2) is 0 Å². The van der Waals surface area contributed by atoms with Gasteiger partial charge in [-0.1, -0.05) is 0 Å². The third-order valence-corrected chi connectivity index (χ3v) is 6.34. The van der Waals surface area contributed by atoms with Gasteiger partial charge in [0.05, 0.1) is 0 Å². The smallest absolute Gasteiger partial charge is 0.0141 e. The lowest BCUT2D eigenvalue weighted by atomic mass is 9.86. The Balaban J connectivity index is 4.57. The quantitative estimate of drug-likeness (QED) is 0.348. The van der Waals surface area contributed by atoms with Crippen molar-refractivity contribution in [1.29, 1.82) is 0 Å². The van der Waals surface area contributed by atoms with E-state index in [0.29, 0.717) is 5.25 Å². The van der Waals surface area contributed by atoms with Crippen molar-refractivity contribution in [2.45, 2.75) is 55.0 Å². The van der Waals surface area contributed by atoms with Gasteiger partial charge in [-0.05, 0) is 57.0 Å². The SMILES string of the molecule is NCCCC(S)C(P)(CCCS)C(N)CCCP. The fraction of sp³-hybridized carbons (Fsp3) is 1.00. The van der Waals surface area contributed by atoms with Gasteiger partial charge in [0.25, 0.3) is 0 Å². The molecular weight excluding hydrogens is 298 g/mol. The molecule has 0 aromatic rings. The van der Waals surface area contributed by atoms with Crippen LogP contribution in [0.5, 0.6) is 0 Å². The van der Waals surface area contributed by atoms with Crippen LogP contribution in [0, 0.1) is 0 Å². The third-order valence-electron chi connectivity index (χ3n) is 3.48. The first kappa shape index (κ1) is 19.5. The van der Waals surface area contributed by atoms with Gasteiger partial charge in [-0.3, -0.25) is 0 Å². The van der Waals surface area contributed by atoms with Crippen molar-refractivity contribution in [3.63, 3.8) is 0 Å². The summed E-state index contributed by atoms with van der Waals surface area (Å²) in [7, 11) is 5.77. The third kappa shape index (κ3) is 6.77. The van der Waals surface area contributed by atoms with E-state index in [9.17, 15) is 0 Å². The molecule has 0 radical (unpaired) electrons. The molecule has 0 aliphatic rings. The Morgan fingerprint density at radius 3 is 2.33 bits per heavy atom. The lowest BCUT2D eigenvalue weighted by Crippen LogP contribution is -2.49. The molecular formula is C12H30N2P2S2. The molecule has 0 heterocycles. The maximum absolute atomic E-state index is 6.42. The lowest BCUT2D eigenvalue weighted by molar-refractivity contribution is 0.390. The molecule has 2 nitrogen and oxygen atoms in total. The molecule has 5 atom stereocenters. The minimum absolute atomic E-state index is 0.0147. The highest BCUT2D eigenvalue weighted by Gasteiger charge is 2.36. The zero-order valence-electron chi connectivity index (χ0n) is 11.2. The molecule has 0 spiro atoms. The molecule has 0 aromatic heterocycles. The molecule has 0 bridgehead atoms. The second-order valence-electron chi connectivity index (χ2n) is 4.92. The van der Waals surface area contributed by atoms with Crippen LogP contribution in [-0.4, -0.2) is 34.9 Å². The van der Waals surface area contributed by atoms with Crippen molar-refractivity contribution in [3.05, 3.63) is 0 Å². The van der Waals surface area contributed by atoms with Crippen LogP contribution < -0.4 is 11.5 Å². The normalized spacial score (nSPS) is 18.3. The molecule has 5 unspecified atom stereocenters. The molecule has 0 rings (SSSR count). The van der Waals surface area contributed by atoms with Gasteiger partial charge < -0.3 is 11.5 Å². The average molecular weight is 328 g/mol. The van der Waals surface area contributed by atoms with Gasteiger partial charge in [0, 0.05) is 16.4 Å². The van der Waals surface area contributed by atoms with Crippen molar-refractivity contribution in [1.82, 2.24) is 0 Å². The molecule has 4 N–H and O–H groups in total. The number of rotatable bonds is 11. The zero-order chi connectivity index (χ0) is 14.0. The molecule has 0 fully saturated rings. The van der Waals surface area contributed by atoms with Crippen LogP contribution in [-0.2, 0) is 0 Å². The Morgan fingerprint density at radius 2 is 1.83 bits per heavy atom. The fourth-order valence-corrected chi connectivity index (χ4v) is 3.61. The van der Waals surface area contributed by atoms with Gasteiger partial charge in [-0.25, -0.2) is 0 Å². The first-order valence-corrected chi connectivity index (χ1v) is 9.30. The first-order valence-electron chi connectivity index (χ1n) is 6.76. The van der Waals surface area contributed by atoms with E-state index in [1.807, 2.05) is 0 Å². The second kappa shape index (κ2) is 11.2. The van der Waals surface area contributed by atoms with Gasteiger partial charge in [0.2, 0.25) is 0 Å². The van der Waals surface area contributed by atoms with Crippen molar-refractivity contribution >= 4 is 43.7 Å². The number of thiol groups is 2. The van der Waals surface area contributed by atoms with Crippen molar-refractivity contribution < 1.29 is 0 Å². The van der Waals surface area contributed by atoms with Gasteiger partial charge in [-0.15, -0.1) is 18.5 Å². The minimum atomic E-state index is 0.0147. The fourth-order valence-electron chi connectivity index (χ4n) is 2.17. The van der Waals surface area contributed by atoms with Gasteiger partial charge in [-0.2, -0.15) is 25.3 Å². The predicted molar refractivity (Wildman–Crippen MR) is 98.4 cm³/mol. The van der Waals surface area contributed by atoms with E-state index in [0.717, 1.165) is 57.0 Å². The molecule has 110 valence electrons. The summed E-state index contributed by atoms with van der Waals surface area (Å²) in [6.45, 7) is 0.727. The summed E-state index contributed by atoms with van der Waals surface area (Å²) in [4.78, 5) is 0. The van der Waals surface area contributed by atoms with E-state index in [-0.39, 0.29) is 11.2 Å². The highest BCUT2D eigenvalue weighted by molar-refractivity contribution is 7.81. The Morgan fingerprint density at radius 1 is 1.17 bits per heavy atom. The van der Waals surface area contributed by atoms with E-state index in [2.05, 4.69) is 31.1 Å². The number of nitrogens with two attached hydrogens (primary N) is 2. The van der Waals surface area contributed by atoms with E-state index in [1.54, 1.807) is 0 Å². The Kier molecular flexibility index (Phi) is 12.1. The standard InChI is InChI=1S/C12H30N2P2S2/c13-7-1-5-11(18)12(16,6-3-9-17)10(14)4-2-8-15/h10-11,17-18H,1-9,13-16H2. The molecule has 0 saturated carbocycles. The Labute approximate surface area is 128 Å². The first-order chi connectivity index (χ1) is 8.52. The van der Waals surface area contributed by atoms with E-state index in [4.69, 9.17) is 24.1 Å². The molecule has 0 aromatic carbocycles. The summed E-state index contributed by atoms with van der Waals surface area (Å²) < 4.78 is 0. The zero-order valence-corrected chi connectivity index (χ0v) is 15.3. The lowest BCUT2D eigenvalue weighted by Gasteiger charge is -2.40. The average Bonchev–Trinajstić information content (AvgIpc) is 2.38. The largest absolute Gasteiger partial charge is 0.330 e.